The number of benzene rings is 2. The number of likely N-dealkylation sites (tertiary alicyclic amines) is 1. The maximum absolute atomic E-state index is 13.3. The molecule has 2 N–H and O–H groups in total. The van der Waals surface area contributed by atoms with Crippen molar-refractivity contribution in [2.45, 2.75) is 31.7 Å². The number of ether oxygens (including phenoxy) is 1. The Kier molecular flexibility index (Phi) is 8.58. The first-order chi connectivity index (χ1) is 20.4. The van der Waals surface area contributed by atoms with Crippen molar-refractivity contribution in [3.8, 4) is 0 Å². The number of piperazine rings is 1. The third kappa shape index (κ3) is 6.52. The van der Waals surface area contributed by atoms with Gasteiger partial charge in [-0.15, -0.1) is 0 Å². The lowest BCUT2D eigenvalue weighted by Gasteiger charge is -2.34. The standard InChI is InChI=1S/C33H39F2N5O2/c1-42-31-9-4-24(20-36-31)22-38-12-10-25(11-13-38)27-7-8-29-28(18-27)19-30(37-29)33(41)40-16-14-39(15-17-40)21-23-2-5-26(6-3-23)32(34)35/h2-9,18-19,25,32,36-37H,10-17,20-22H2,1H3. The lowest BCUT2D eigenvalue weighted by Crippen LogP contribution is -2.48. The number of halogens is 2. The average Bonchev–Trinajstić information content (AvgIpc) is 3.46. The number of piperidine rings is 1. The second kappa shape index (κ2) is 12.7. The van der Waals surface area contributed by atoms with E-state index in [0.717, 1.165) is 74.5 Å². The molecule has 9 heteroatoms. The number of nitrogens with one attached hydrogen (secondary N) is 2. The van der Waals surface area contributed by atoms with Crippen LogP contribution in [0.5, 0.6) is 0 Å². The Balaban J connectivity index is 1.01. The van der Waals surface area contributed by atoms with Crippen LogP contribution in [0.25, 0.3) is 10.9 Å². The number of carbonyl (C=O) groups is 1. The minimum absolute atomic E-state index is 0.0287. The van der Waals surface area contributed by atoms with Crippen molar-refractivity contribution >= 4 is 16.8 Å². The SMILES string of the molecule is COC1=CC=C(CN2CCC(c3ccc4[nH]c(C(=O)N5CCN(Cc6ccc(C(F)F)cc6)CC5)cc4c3)CC2)CN1. The fourth-order valence-electron chi connectivity index (χ4n) is 6.30. The second-order valence-corrected chi connectivity index (χ2v) is 11.6. The predicted octanol–water partition coefficient (Wildman–Crippen LogP) is 5.26. The van der Waals surface area contributed by atoms with Crippen LogP contribution in [-0.2, 0) is 11.3 Å². The molecule has 0 bridgehead atoms. The van der Waals surface area contributed by atoms with Gasteiger partial charge in [0, 0.05) is 62.3 Å². The van der Waals surface area contributed by atoms with Gasteiger partial charge in [0.25, 0.3) is 12.3 Å². The van der Waals surface area contributed by atoms with Gasteiger partial charge in [-0.05, 0) is 72.8 Å². The molecule has 3 aromatic rings. The third-order valence-corrected chi connectivity index (χ3v) is 8.84. The Labute approximate surface area is 245 Å². The van der Waals surface area contributed by atoms with Gasteiger partial charge in [-0.2, -0.15) is 0 Å². The average molecular weight is 576 g/mol. The molecule has 4 heterocycles. The first-order valence-electron chi connectivity index (χ1n) is 14.9. The number of nitrogens with zero attached hydrogens (tertiary/aromatic N) is 3. The van der Waals surface area contributed by atoms with E-state index in [1.54, 1.807) is 19.2 Å². The molecule has 0 spiro atoms. The quantitative estimate of drug-likeness (QED) is 0.384. The van der Waals surface area contributed by atoms with Crippen molar-refractivity contribution < 1.29 is 18.3 Å². The van der Waals surface area contributed by atoms with Crippen molar-refractivity contribution in [2.75, 3.05) is 59.5 Å². The number of allylic oxidation sites excluding steroid dienone is 2. The monoisotopic (exact) mass is 575 g/mol. The highest BCUT2D eigenvalue weighted by Gasteiger charge is 2.25. The van der Waals surface area contributed by atoms with Gasteiger partial charge in [-0.3, -0.25) is 14.6 Å². The van der Waals surface area contributed by atoms with Gasteiger partial charge in [-0.25, -0.2) is 8.78 Å². The molecule has 0 radical (unpaired) electrons. The minimum Gasteiger partial charge on any atom is -0.483 e. The van der Waals surface area contributed by atoms with Gasteiger partial charge in [0.2, 0.25) is 0 Å². The Bertz CT molecular complexity index is 1450. The van der Waals surface area contributed by atoms with Crippen LogP contribution in [-0.4, -0.2) is 85.1 Å². The molecule has 42 heavy (non-hydrogen) atoms. The lowest BCUT2D eigenvalue weighted by molar-refractivity contribution is 0.0623. The summed E-state index contributed by atoms with van der Waals surface area (Å²) in [6.45, 7) is 7.46. The van der Waals surface area contributed by atoms with Crippen LogP contribution in [0.1, 0.15) is 52.4 Å². The Morgan fingerprint density at radius 3 is 2.33 bits per heavy atom. The van der Waals surface area contributed by atoms with E-state index in [0.29, 0.717) is 31.2 Å². The number of rotatable bonds is 8. The number of alkyl halides is 2. The third-order valence-electron chi connectivity index (χ3n) is 8.84. The molecule has 2 saturated heterocycles. The summed E-state index contributed by atoms with van der Waals surface area (Å²) >= 11 is 0. The number of hydrogen-bond acceptors (Lipinski definition) is 5. The summed E-state index contributed by atoms with van der Waals surface area (Å²) in [5.41, 5.74) is 5.41. The molecule has 6 rings (SSSR count). The van der Waals surface area contributed by atoms with E-state index >= 15 is 0 Å². The number of carbonyl (C=O) groups excluding carboxylic acids is 1. The number of methoxy groups -OCH3 is 1. The summed E-state index contributed by atoms with van der Waals surface area (Å²) in [4.78, 5) is 23.4. The number of hydrogen-bond donors (Lipinski definition) is 2. The highest BCUT2D eigenvalue weighted by atomic mass is 19.3. The molecule has 2 fully saturated rings. The lowest BCUT2D eigenvalue weighted by atomic mass is 9.88. The van der Waals surface area contributed by atoms with E-state index in [2.05, 4.69) is 44.4 Å². The Hall–Kier alpha value is -3.69. The van der Waals surface area contributed by atoms with Gasteiger partial charge in [0.1, 0.15) is 5.69 Å². The van der Waals surface area contributed by atoms with Crippen molar-refractivity contribution in [2.24, 2.45) is 0 Å². The predicted molar refractivity (Wildman–Crippen MR) is 160 cm³/mol. The first kappa shape index (κ1) is 28.4. The summed E-state index contributed by atoms with van der Waals surface area (Å²) in [7, 11) is 1.68. The Morgan fingerprint density at radius 1 is 0.929 bits per heavy atom. The van der Waals surface area contributed by atoms with E-state index in [4.69, 9.17) is 4.74 Å². The maximum Gasteiger partial charge on any atom is 0.270 e. The molecule has 0 aliphatic carbocycles. The number of fused-ring (bicyclic) bond motifs is 1. The summed E-state index contributed by atoms with van der Waals surface area (Å²) < 4.78 is 30.9. The number of amides is 1. The van der Waals surface area contributed by atoms with Crippen molar-refractivity contribution in [3.05, 3.63) is 94.5 Å². The minimum atomic E-state index is -2.44. The molecular weight excluding hydrogens is 536 g/mol. The van der Waals surface area contributed by atoms with Crippen LogP contribution < -0.4 is 5.32 Å². The fourth-order valence-corrected chi connectivity index (χ4v) is 6.30. The smallest absolute Gasteiger partial charge is 0.270 e. The number of aromatic nitrogens is 1. The fraction of sp³-hybridized carbons (Fsp3) is 0.424. The molecule has 0 saturated carbocycles. The van der Waals surface area contributed by atoms with E-state index in [9.17, 15) is 13.6 Å². The van der Waals surface area contributed by atoms with E-state index in [1.807, 2.05) is 17.0 Å². The zero-order valence-corrected chi connectivity index (χ0v) is 24.1. The van der Waals surface area contributed by atoms with Crippen LogP contribution >= 0.6 is 0 Å². The molecule has 0 unspecified atom stereocenters. The molecule has 1 amide bonds. The normalized spacial score (nSPS) is 19.1. The molecule has 0 atom stereocenters. The van der Waals surface area contributed by atoms with Crippen LogP contribution in [0.15, 0.2) is 72.1 Å². The molecule has 2 aromatic carbocycles. The largest absolute Gasteiger partial charge is 0.483 e. The van der Waals surface area contributed by atoms with Crippen molar-refractivity contribution in [3.63, 3.8) is 0 Å². The van der Waals surface area contributed by atoms with E-state index in [-0.39, 0.29) is 11.5 Å². The summed E-state index contributed by atoms with van der Waals surface area (Å²) in [6.07, 6.45) is 3.97. The number of H-pyrrole nitrogens is 1. The van der Waals surface area contributed by atoms with E-state index < -0.39 is 6.43 Å². The van der Waals surface area contributed by atoms with Gasteiger partial charge in [-0.1, -0.05) is 36.4 Å². The van der Waals surface area contributed by atoms with E-state index in [1.165, 1.54) is 23.3 Å². The maximum atomic E-state index is 13.3. The zero-order chi connectivity index (χ0) is 29.1. The molecular formula is C33H39F2N5O2. The molecule has 222 valence electrons. The summed E-state index contributed by atoms with van der Waals surface area (Å²) in [5.74, 6) is 1.37. The second-order valence-electron chi connectivity index (χ2n) is 11.6. The van der Waals surface area contributed by atoms with Gasteiger partial charge >= 0.3 is 0 Å². The molecule has 7 nitrogen and oxygen atoms in total. The van der Waals surface area contributed by atoms with Crippen molar-refractivity contribution in [1.82, 2.24) is 25.0 Å². The molecule has 3 aliphatic rings. The van der Waals surface area contributed by atoms with Crippen molar-refractivity contribution in [1.29, 1.82) is 0 Å². The number of aromatic amines is 1. The van der Waals surface area contributed by atoms with Crippen LogP contribution in [0.2, 0.25) is 0 Å². The zero-order valence-electron chi connectivity index (χ0n) is 24.1. The highest BCUT2D eigenvalue weighted by molar-refractivity contribution is 5.98. The molecule has 1 aromatic heterocycles. The van der Waals surface area contributed by atoms with Gasteiger partial charge in [0.05, 0.1) is 7.11 Å². The molecule has 3 aliphatic heterocycles. The summed E-state index contributed by atoms with van der Waals surface area (Å²) in [5, 5.41) is 4.38. The topological polar surface area (TPSA) is 63.8 Å². The van der Waals surface area contributed by atoms with Crippen LogP contribution in [0, 0.1) is 0 Å². The van der Waals surface area contributed by atoms with Crippen LogP contribution in [0.3, 0.4) is 0 Å². The Morgan fingerprint density at radius 2 is 1.67 bits per heavy atom. The highest BCUT2D eigenvalue weighted by Crippen LogP contribution is 2.31. The van der Waals surface area contributed by atoms with Gasteiger partial charge in [0.15, 0.2) is 5.88 Å². The summed E-state index contributed by atoms with van der Waals surface area (Å²) in [6, 6.07) is 15.1. The van der Waals surface area contributed by atoms with Gasteiger partial charge < -0.3 is 19.9 Å². The number of dihydropyridines is 1. The first-order valence-corrected chi connectivity index (χ1v) is 14.9. The van der Waals surface area contributed by atoms with Crippen LogP contribution in [0.4, 0.5) is 8.78 Å².